The van der Waals surface area contributed by atoms with Crippen LogP contribution in [-0.2, 0) is 6.42 Å². The molecule has 1 fully saturated rings. The summed E-state index contributed by atoms with van der Waals surface area (Å²) in [5, 5.41) is 8.45. The predicted molar refractivity (Wildman–Crippen MR) is 98.4 cm³/mol. The first-order valence-electron chi connectivity index (χ1n) is 8.85. The number of rotatable bonds is 5. The lowest BCUT2D eigenvalue weighted by Crippen LogP contribution is -2.46. The standard InChI is InChI=1S/C21H24N2O/c1-2-6-16(7-3-1)18-12-19(15-22-14-18)23-11-10-20-13-17-8-4-5-9-21(17)24-20/h1-9,13,18-19,22-23H,10-12,14-15H2. The normalized spacial score (nSPS) is 21.2. The van der Waals surface area contributed by atoms with Crippen molar-refractivity contribution < 1.29 is 4.42 Å². The molecule has 1 aliphatic rings. The molecule has 1 saturated heterocycles. The zero-order valence-corrected chi connectivity index (χ0v) is 13.9. The third-order valence-corrected chi connectivity index (χ3v) is 4.90. The first kappa shape index (κ1) is 15.4. The van der Waals surface area contributed by atoms with E-state index in [0.29, 0.717) is 12.0 Å². The first-order chi connectivity index (χ1) is 11.9. The van der Waals surface area contributed by atoms with E-state index in [0.717, 1.165) is 37.4 Å². The summed E-state index contributed by atoms with van der Waals surface area (Å²) in [6, 6.07) is 21.7. The summed E-state index contributed by atoms with van der Waals surface area (Å²) >= 11 is 0. The largest absolute Gasteiger partial charge is 0.461 e. The molecular weight excluding hydrogens is 296 g/mol. The molecule has 3 nitrogen and oxygen atoms in total. The van der Waals surface area contributed by atoms with Crippen LogP contribution in [0.4, 0.5) is 0 Å². The topological polar surface area (TPSA) is 37.2 Å². The number of para-hydroxylation sites is 1. The average Bonchev–Trinajstić information content (AvgIpc) is 3.05. The highest BCUT2D eigenvalue weighted by molar-refractivity contribution is 5.77. The van der Waals surface area contributed by atoms with Crippen LogP contribution in [0.2, 0.25) is 0 Å². The molecule has 1 aliphatic heterocycles. The van der Waals surface area contributed by atoms with Gasteiger partial charge in [0.25, 0.3) is 0 Å². The van der Waals surface area contributed by atoms with Crippen molar-refractivity contribution in [1.29, 1.82) is 0 Å². The van der Waals surface area contributed by atoms with Gasteiger partial charge in [-0.1, -0.05) is 48.5 Å². The van der Waals surface area contributed by atoms with E-state index in [4.69, 9.17) is 4.42 Å². The Bertz CT molecular complexity index is 748. The van der Waals surface area contributed by atoms with Gasteiger partial charge in [-0.2, -0.15) is 0 Å². The van der Waals surface area contributed by atoms with E-state index in [1.807, 2.05) is 12.1 Å². The maximum atomic E-state index is 5.89. The smallest absolute Gasteiger partial charge is 0.134 e. The highest BCUT2D eigenvalue weighted by atomic mass is 16.3. The van der Waals surface area contributed by atoms with Gasteiger partial charge in [0.1, 0.15) is 11.3 Å². The van der Waals surface area contributed by atoms with E-state index in [1.165, 1.54) is 17.4 Å². The molecule has 24 heavy (non-hydrogen) atoms. The van der Waals surface area contributed by atoms with E-state index < -0.39 is 0 Å². The highest BCUT2D eigenvalue weighted by Crippen LogP contribution is 2.23. The lowest BCUT2D eigenvalue weighted by Gasteiger charge is -2.31. The zero-order valence-electron chi connectivity index (χ0n) is 13.9. The summed E-state index contributed by atoms with van der Waals surface area (Å²) < 4.78 is 5.89. The molecule has 3 heteroatoms. The van der Waals surface area contributed by atoms with Crippen molar-refractivity contribution >= 4 is 11.0 Å². The van der Waals surface area contributed by atoms with Crippen LogP contribution in [0.15, 0.2) is 65.1 Å². The van der Waals surface area contributed by atoms with Crippen molar-refractivity contribution in [2.45, 2.75) is 24.8 Å². The molecular formula is C21H24N2O. The molecule has 3 aromatic rings. The number of fused-ring (bicyclic) bond motifs is 1. The second-order valence-electron chi connectivity index (χ2n) is 6.65. The van der Waals surface area contributed by atoms with Gasteiger partial charge in [0, 0.05) is 37.5 Å². The number of hydrogen-bond donors (Lipinski definition) is 2. The molecule has 124 valence electrons. The minimum atomic E-state index is 0.522. The van der Waals surface area contributed by atoms with Crippen molar-refractivity contribution in [2.24, 2.45) is 0 Å². The van der Waals surface area contributed by atoms with Crippen molar-refractivity contribution in [3.05, 3.63) is 72.0 Å². The lowest BCUT2D eigenvalue weighted by atomic mass is 9.89. The van der Waals surface area contributed by atoms with Crippen LogP contribution in [0.1, 0.15) is 23.7 Å². The minimum Gasteiger partial charge on any atom is -0.461 e. The van der Waals surface area contributed by atoms with Gasteiger partial charge >= 0.3 is 0 Å². The molecule has 2 heterocycles. The molecule has 2 unspecified atom stereocenters. The average molecular weight is 320 g/mol. The fourth-order valence-corrected chi connectivity index (χ4v) is 3.64. The van der Waals surface area contributed by atoms with E-state index in [1.54, 1.807) is 0 Å². The second kappa shape index (κ2) is 7.20. The van der Waals surface area contributed by atoms with Gasteiger partial charge in [-0.25, -0.2) is 0 Å². The van der Waals surface area contributed by atoms with Gasteiger partial charge in [0.05, 0.1) is 0 Å². The molecule has 1 aromatic heterocycles. The second-order valence-corrected chi connectivity index (χ2v) is 6.65. The Hall–Kier alpha value is -2.10. The first-order valence-corrected chi connectivity index (χ1v) is 8.85. The van der Waals surface area contributed by atoms with Crippen LogP contribution in [0.25, 0.3) is 11.0 Å². The molecule has 0 radical (unpaired) electrons. The fourth-order valence-electron chi connectivity index (χ4n) is 3.64. The summed E-state index contributed by atoms with van der Waals surface area (Å²) in [6.45, 7) is 3.07. The van der Waals surface area contributed by atoms with Gasteiger partial charge in [0.2, 0.25) is 0 Å². The van der Waals surface area contributed by atoms with Gasteiger partial charge in [0.15, 0.2) is 0 Å². The van der Waals surface area contributed by atoms with Crippen molar-refractivity contribution in [3.8, 4) is 0 Å². The Balaban J connectivity index is 1.31. The monoisotopic (exact) mass is 320 g/mol. The van der Waals surface area contributed by atoms with Crippen molar-refractivity contribution in [1.82, 2.24) is 10.6 Å². The molecule has 0 bridgehead atoms. The summed E-state index contributed by atoms with van der Waals surface area (Å²) in [7, 11) is 0. The summed E-state index contributed by atoms with van der Waals surface area (Å²) in [6.07, 6.45) is 2.12. The molecule has 2 N–H and O–H groups in total. The Morgan fingerprint density at radius 2 is 1.83 bits per heavy atom. The SMILES string of the molecule is c1ccc(C2CNCC(NCCc3cc4ccccc4o3)C2)cc1. The van der Waals surface area contributed by atoms with Crippen LogP contribution in [-0.4, -0.2) is 25.7 Å². The van der Waals surface area contributed by atoms with Crippen LogP contribution in [0.3, 0.4) is 0 Å². The Morgan fingerprint density at radius 1 is 1.00 bits per heavy atom. The van der Waals surface area contributed by atoms with Gasteiger partial charge in [-0.05, 0) is 30.0 Å². The highest BCUT2D eigenvalue weighted by Gasteiger charge is 2.22. The van der Waals surface area contributed by atoms with Gasteiger partial charge in [-0.3, -0.25) is 0 Å². The molecule has 0 amide bonds. The fraction of sp³-hybridized carbons (Fsp3) is 0.333. The van der Waals surface area contributed by atoms with Crippen LogP contribution in [0, 0.1) is 0 Å². The number of furan rings is 1. The third kappa shape index (κ3) is 3.53. The molecule has 0 spiro atoms. The summed E-state index contributed by atoms with van der Waals surface area (Å²) in [4.78, 5) is 0. The predicted octanol–water partition coefficient (Wildman–Crippen LogP) is 3.71. The number of hydrogen-bond acceptors (Lipinski definition) is 3. The van der Waals surface area contributed by atoms with E-state index in [9.17, 15) is 0 Å². The van der Waals surface area contributed by atoms with Crippen LogP contribution in [0.5, 0.6) is 0 Å². The molecule has 0 aliphatic carbocycles. The van der Waals surface area contributed by atoms with Gasteiger partial charge in [-0.15, -0.1) is 0 Å². The molecule has 4 rings (SSSR count). The van der Waals surface area contributed by atoms with E-state index >= 15 is 0 Å². The van der Waals surface area contributed by atoms with Crippen molar-refractivity contribution in [2.75, 3.05) is 19.6 Å². The van der Waals surface area contributed by atoms with Crippen molar-refractivity contribution in [3.63, 3.8) is 0 Å². The zero-order chi connectivity index (χ0) is 16.2. The quantitative estimate of drug-likeness (QED) is 0.752. The lowest BCUT2D eigenvalue weighted by molar-refractivity contribution is 0.355. The number of nitrogens with one attached hydrogen (secondary N) is 2. The maximum absolute atomic E-state index is 5.89. The Morgan fingerprint density at radius 3 is 2.71 bits per heavy atom. The van der Waals surface area contributed by atoms with Crippen LogP contribution >= 0.6 is 0 Å². The maximum Gasteiger partial charge on any atom is 0.134 e. The van der Waals surface area contributed by atoms with E-state index in [2.05, 4.69) is 59.2 Å². The minimum absolute atomic E-state index is 0.522. The summed E-state index contributed by atoms with van der Waals surface area (Å²) in [5.41, 5.74) is 2.42. The summed E-state index contributed by atoms with van der Waals surface area (Å²) in [5.74, 6) is 1.66. The molecule has 0 saturated carbocycles. The van der Waals surface area contributed by atoms with E-state index in [-0.39, 0.29) is 0 Å². The third-order valence-electron chi connectivity index (χ3n) is 4.90. The Kier molecular flexibility index (Phi) is 4.63. The van der Waals surface area contributed by atoms with Crippen LogP contribution < -0.4 is 10.6 Å². The Labute approximate surface area is 143 Å². The molecule has 2 atom stereocenters. The number of piperidine rings is 1. The van der Waals surface area contributed by atoms with Gasteiger partial charge < -0.3 is 15.1 Å². The number of benzene rings is 2. The molecule has 2 aromatic carbocycles.